The largest absolute Gasteiger partial charge is 0.490 e. The molecule has 0 saturated heterocycles. The molecule has 3 rings (SSSR count). The number of sulfone groups is 1. The number of ether oxygens (including phenoxy) is 1. The molecule has 30 heavy (non-hydrogen) atoms. The van der Waals surface area contributed by atoms with Gasteiger partial charge in [-0.1, -0.05) is 18.2 Å². The van der Waals surface area contributed by atoms with E-state index in [-0.39, 0.29) is 28.3 Å². The fraction of sp³-hybridized carbons (Fsp3) is 0.238. The molecule has 0 radical (unpaired) electrons. The molecule has 0 N–H and O–H groups in total. The van der Waals surface area contributed by atoms with E-state index in [2.05, 4.69) is 4.98 Å². The van der Waals surface area contributed by atoms with Gasteiger partial charge in [0.15, 0.2) is 15.6 Å². The van der Waals surface area contributed by atoms with Gasteiger partial charge >= 0.3 is 0 Å². The molecular formula is C21H20F2N2O4S. The van der Waals surface area contributed by atoms with Crippen molar-refractivity contribution in [3.05, 3.63) is 66.0 Å². The second-order valence-electron chi connectivity index (χ2n) is 6.95. The van der Waals surface area contributed by atoms with Crippen LogP contribution in [0, 0.1) is 11.6 Å². The van der Waals surface area contributed by atoms with Gasteiger partial charge in [-0.25, -0.2) is 22.2 Å². The Labute approximate surface area is 173 Å². The zero-order chi connectivity index (χ0) is 22.1. The summed E-state index contributed by atoms with van der Waals surface area (Å²) in [5.41, 5.74) is -0.599. The number of hydrogen-bond donors (Lipinski definition) is 0. The molecule has 0 bridgehead atoms. The summed E-state index contributed by atoms with van der Waals surface area (Å²) in [6, 6.07) is 9.40. The molecule has 0 aliphatic carbocycles. The number of nitrogens with zero attached hydrogens (tertiary/aromatic N) is 2. The fourth-order valence-corrected chi connectivity index (χ4v) is 4.28. The van der Waals surface area contributed by atoms with Gasteiger partial charge in [0.1, 0.15) is 39.6 Å². The predicted octanol–water partition coefficient (Wildman–Crippen LogP) is 3.81. The van der Waals surface area contributed by atoms with Gasteiger partial charge in [0.2, 0.25) is 0 Å². The van der Waals surface area contributed by atoms with E-state index in [1.165, 1.54) is 42.1 Å². The average Bonchev–Trinajstić information content (AvgIpc) is 3.03. The number of para-hydroxylation sites is 1. The molecule has 3 aromatic rings. The Kier molecular flexibility index (Phi) is 6.02. The van der Waals surface area contributed by atoms with Crippen molar-refractivity contribution in [2.45, 2.75) is 24.8 Å². The lowest BCUT2D eigenvalue weighted by Gasteiger charge is -2.13. The first kappa shape index (κ1) is 21.6. The highest BCUT2D eigenvalue weighted by atomic mass is 32.2. The SMILES string of the molecule is CC(C)Oc1ccccc1S(=O)(=O)CC(=O)c1cn(C)c(-c2c(F)cccc2F)n1. The minimum absolute atomic E-state index is 0.108. The van der Waals surface area contributed by atoms with Crippen molar-refractivity contribution in [3.8, 4) is 17.1 Å². The third-order valence-electron chi connectivity index (χ3n) is 4.22. The van der Waals surface area contributed by atoms with Gasteiger partial charge in [0.25, 0.3) is 0 Å². The van der Waals surface area contributed by atoms with E-state index in [1.807, 2.05) is 0 Å². The fourth-order valence-electron chi connectivity index (χ4n) is 2.93. The highest BCUT2D eigenvalue weighted by Gasteiger charge is 2.27. The number of Topliss-reactive ketones (excluding diaryl/α,β-unsaturated/α-hetero) is 1. The number of hydrogen-bond acceptors (Lipinski definition) is 5. The van der Waals surface area contributed by atoms with Crippen LogP contribution in [0.15, 0.2) is 53.6 Å². The average molecular weight is 434 g/mol. The monoisotopic (exact) mass is 434 g/mol. The highest BCUT2D eigenvalue weighted by Crippen LogP contribution is 2.27. The topological polar surface area (TPSA) is 78.3 Å². The second-order valence-corrected chi connectivity index (χ2v) is 8.91. The summed E-state index contributed by atoms with van der Waals surface area (Å²) < 4.78 is 60.6. The van der Waals surface area contributed by atoms with Crippen LogP contribution >= 0.6 is 0 Å². The van der Waals surface area contributed by atoms with Gasteiger partial charge in [-0.2, -0.15) is 0 Å². The van der Waals surface area contributed by atoms with Crippen molar-refractivity contribution in [1.29, 1.82) is 0 Å². The van der Waals surface area contributed by atoms with Crippen molar-refractivity contribution in [2.24, 2.45) is 7.05 Å². The standard InChI is InChI=1S/C21H20F2N2O4S/c1-13(2)29-18-9-4-5-10-19(18)30(27,28)12-17(26)16-11-25(3)21(24-16)20-14(22)7-6-8-15(20)23/h4-11,13H,12H2,1-3H3. The minimum Gasteiger partial charge on any atom is -0.490 e. The van der Waals surface area contributed by atoms with Crippen LogP contribution in [0.1, 0.15) is 24.3 Å². The van der Waals surface area contributed by atoms with E-state index in [0.717, 1.165) is 12.1 Å². The van der Waals surface area contributed by atoms with Crippen LogP contribution in [0.5, 0.6) is 5.75 Å². The molecule has 0 atom stereocenters. The summed E-state index contributed by atoms with van der Waals surface area (Å²) >= 11 is 0. The molecule has 0 fully saturated rings. The Morgan fingerprint density at radius 1 is 1.10 bits per heavy atom. The Bertz CT molecular complexity index is 1180. The van der Waals surface area contributed by atoms with Gasteiger partial charge in [0, 0.05) is 13.2 Å². The summed E-state index contributed by atoms with van der Waals surface area (Å²) in [7, 11) is -2.58. The smallest absolute Gasteiger partial charge is 0.198 e. The highest BCUT2D eigenvalue weighted by molar-refractivity contribution is 7.92. The van der Waals surface area contributed by atoms with Crippen molar-refractivity contribution < 1.29 is 26.7 Å². The first-order valence-corrected chi connectivity index (χ1v) is 10.7. The van der Waals surface area contributed by atoms with Crippen molar-refractivity contribution in [3.63, 3.8) is 0 Å². The lowest BCUT2D eigenvalue weighted by atomic mass is 10.2. The van der Waals surface area contributed by atoms with Crippen LogP contribution < -0.4 is 4.74 Å². The summed E-state index contributed by atoms with van der Waals surface area (Å²) in [5, 5.41) is 0. The molecule has 0 spiro atoms. The van der Waals surface area contributed by atoms with Crippen LogP contribution in [0.25, 0.3) is 11.4 Å². The van der Waals surface area contributed by atoms with Gasteiger partial charge in [-0.15, -0.1) is 0 Å². The number of halogens is 2. The number of carbonyl (C=O) groups excluding carboxylic acids is 1. The quantitative estimate of drug-likeness (QED) is 0.529. The summed E-state index contributed by atoms with van der Waals surface area (Å²) in [6.45, 7) is 3.51. The number of imidazole rings is 1. The Morgan fingerprint density at radius 3 is 2.37 bits per heavy atom. The molecule has 0 unspecified atom stereocenters. The van der Waals surface area contributed by atoms with Gasteiger partial charge in [0.05, 0.1) is 11.7 Å². The first-order valence-electron chi connectivity index (χ1n) is 9.09. The van der Waals surface area contributed by atoms with E-state index in [9.17, 15) is 22.0 Å². The molecule has 0 saturated carbocycles. The maximum Gasteiger partial charge on any atom is 0.198 e. The second kappa shape index (κ2) is 8.35. The van der Waals surface area contributed by atoms with E-state index in [0.29, 0.717) is 0 Å². The van der Waals surface area contributed by atoms with Crippen LogP contribution in [-0.4, -0.2) is 35.6 Å². The first-order chi connectivity index (χ1) is 14.1. The van der Waals surface area contributed by atoms with Crippen molar-refractivity contribution >= 4 is 15.6 Å². The molecule has 9 heteroatoms. The molecule has 1 heterocycles. The van der Waals surface area contributed by atoms with Crippen molar-refractivity contribution in [1.82, 2.24) is 9.55 Å². The normalized spacial score (nSPS) is 11.7. The Balaban J connectivity index is 1.92. The van der Waals surface area contributed by atoms with Crippen LogP contribution in [0.4, 0.5) is 8.78 Å². The van der Waals surface area contributed by atoms with Gasteiger partial charge < -0.3 is 9.30 Å². The summed E-state index contributed by atoms with van der Waals surface area (Å²) in [4.78, 5) is 16.5. The molecule has 6 nitrogen and oxygen atoms in total. The summed E-state index contributed by atoms with van der Waals surface area (Å²) in [5.74, 6) is -3.30. The molecule has 158 valence electrons. The number of rotatable bonds is 7. The molecule has 0 amide bonds. The minimum atomic E-state index is -4.04. The zero-order valence-electron chi connectivity index (χ0n) is 16.6. The zero-order valence-corrected chi connectivity index (χ0v) is 17.4. The van der Waals surface area contributed by atoms with E-state index < -0.39 is 38.6 Å². The lowest BCUT2D eigenvalue weighted by Crippen LogP contribution is -2.18. The maximum atomic E-state index is 14.1. The van der Waals surface area contributed by atoms with Crippen LogP contribution in [0.3, 0.4) is 0 Å². The molecular weight excluding hydrogens is 414 g/mol. The Hall–Kier alpha value is -3.07. The van der Waals surface area contributed by atoms with Crippen LogP contribution in [0.2, 0.25) is 0 Å². The van der Waals surface area contributed by atoms with E-state index in [1.54, 1.807) is 19.9 Å². The third-order valence-corrected chi connectivity index (χ3v) is 5.87. The number of aryl methyl sites for hydroxylation is 1. The Morgan fingerprint density at radius 2 is 1.73 bits per heavy atom. The molecule has 1 aromatic heterocycles. The lowest BCUT2D eigenvalue weighted by molar-refractivity contribution is 0.101. The van der Waals surface area contributed by atoms with Gasteiger partial charge in [-0.3, -0.25) is 4.79 Å². The number of carbonyl (C=O) groups is 1. The maximum absolute atomic E-state index is 14.1. The third kappa shape index (κ3) is 4.40. The number of ketones is 1. The van der Waals surface area contributed by atoms with Gasteiger partial charge in [-0.05, 0) is 38.1 Å². The summed E-state index contributed by atoms with van der Waals surface area (Å²) in [6.07, 6.45) is 0.987. The molecule has 2 aromatic carbocycles. The van der Waals surface area contributed by atoms with Crippen LogP contribution in [-0.2, 0) is 16.9 Å². The number of benzene rings is 2. The predicted molar refractivity (Wildman–Crippen MR) is 107 cm³/mol. The number of aromatic nitrogens is 2. The van der Waals surface area contributed by atoms with E-state index in [4.69, 9.17) is 4.74 Å². The van der Waals surface area contributed by atoms with Crippen molar-refractivity contribution in [2.75, 3.05) is 5.75 Å². The van der Waals surface area contributed by atoms with E-state index >= 15 is 0 Å². The molecule has 0 aliphatic heterocycles. The molecule has 0 aliphatic rings.